The minimum Gasteiger partial charge on any atom is -0.350 e. The lowest BCUT2D eigenvalue weighted by molar-refractivity contribution is 0.0951. The molecule has 2 rings (SSSR count). The van der Waals surface area contributed by atoms with Gasteiger partial charge in [0.25, 0.3) is 5.91 Å². The van der Waals surface area contributed by atoms with Crippen molar-refractivity contribution in [1.29, 1.82) is 0 Å². The Morgan fingerprint density at radius 3 is 3.05 bits per heavy atom. The summed E-state index contributed by atoms with van der Waals surface area (Å²) in [6.45, 7) is 3.38. The summed E-state index contributed by atoms with van der Waals surface area (Å²) >= 11 is 0. The summed E-state index contributed by atoms with van der Waals surface area (Å²) in [6.07, 6.45) is 3.58. The van der Waals surface area contributed by atoms with Crippen LogP contribution in [0.1, 0.15) is 21.5 Å². The van der Waals surface area contributed by atoms with E-state index in [9.17, 15) is 4.79 Å². The molecule has 0 spiro atoms. The van der Waals surface area contributed by atoms with Gasteiger partial charge in [-0.3, -0.25) is 9.48 Å². The first-order valence-electron chi connectivity index (χ1n) is 6.76. The molecular weight excluding hydrogens is 264 g/mol. The van der Waals surface area contributed by atoms with E-state index in [0.717, 1.165) is 11.1 Å². The Balaban J connectivity index is 2.00. The van der Waals surface area contributed by atoms with Crippen molar-refractivity contribution in [3.63, 3.8) is 0 Å². The van der Waals surface area contributed by atoms with Gasteiger partial charge in [0.15, 0.2) is 0 Å². The van der Waals surface area contributed by atoms with Gasteiger partial charge in [-0.15, -0.1) is 0 Å². The predicted octanol–water partition coefficient (Wildman–Crippen LogP) is 0.932. The number of carbonyl (C=O) groups is 1. The van der Waals surface area contributed by atoms with Gasteiger partial charge in [0.05, 0.1) is 13.1 Å². The minimum absolute atomic E-state index is 0.101. The summed E-state index contributed by atoms with van der Waals surface area (Å²) < 4.78 is 1.77. The van der Waals surface area contributed by atoms with Crippen LogP contribution < -0.4 is 11.1 Å². The molecule has 21 heavy (non-hydrogen) atoms. The summed E-state index contributed by atoms with van der Waals surface area (Å²) in [5, 5.41) is 6.98. The van der Waals surface area contributed by atoms with Crippen LogP contribution in [0.15, 0.2) is 36.7 Å². The van der Waals surface area contributed by atoms with Crippen molar-refractivity contribution in [2.45, 2.75) is 13.5 Å². The van der Waals surface area contributed by atoms with Crippen LogP contribution in [0.5, 0.6) is 0 Å². The summed E-state index contributed by atoms with van der Waals surface area (Å²) in [5.74, 6) is 5.62. The van der Waals surface area contributed by atoms with E-state index >= 15 is 0 Å². The molecule has 1 aromatic carbocycles. The third kappa shape index (κ3) is 4.20. The Bertz CT molecular complexity index is 665. The molecule has 0 atom stereocenters. The van der Waals surface area contributed by atoms with E-state index in [2.05, 4.69) is 22.3 Å². The highest BCUT2D eigenvalue weighted by Gasteiger charge is 2.09. The summed E-state index contributed by atoms with van der Waals surface area (Å²) in [7, 11) is 0. The van der Waals surface area contributed by atoms with E-state index < -0.39 is 0 Å². The maximum Gasteiger partial charge on any atom is 0.251 e. The average molecular weight is 282 g/mol. The third-order valence-electron chi connectivity index (χ3n) is 3.00. The number of carbonyl (C=O) groups excluding carboxylic acids is 1. The van der Waals surface area contributed by atoms with Gasteiger partial charge < -0.3 is 11.1 Å². The van der Waals surface area contributed by atoms with E-state index in [0.29, 0.717) is 25.2 Å². The van der Waals surface area contributed by atoms with Gasteiger partial charge in [-0.05, 0) is 30.7 Å². The fourth-order valence-electron chi connectivity index (χ4n) is 1.91. The smallest absolute Gasteiger partial charge is 0.251 e. The lowest BCUT2D eigenvalue weighted by Crippen LogP contribution is -2.28. The van der Waals surface area contributed by atoms with Crippen LogP contribution in [0, 0.1) is 18.8 Å². The van der Waals surface area contributed by atoms with Crippen LogP contribution in [0.2, 0.25) is 0 Å². The van der Waals surface area contributed by atoms with Crippen molar-refractivity contribution in [3.8, 4) is 11.8 Å². The molecule has 1 heterocycles. The molecule has 3 N–H and O–H groups in total. The van der Waals surface area contributed by atoms with Crippen molar-refractivity contribution < 1.29 is 4.79 Å². The van der Waals surface area contributed by atoms with Crippen LogP contribution in [-0.4, -0.2) is 28.8 Å². The Kier molecular flexibility index (Phi) is 5.13. The number of hydrogen-bond donors (Lipinski definition) is 2. The highest BCUT2D eigenvalue weighted by Crippen LogP contribution is 2.10. The number of benzene rings is 1. The van der Waals surface area contributed by atoms with Gasteiger partial charge in [-0.2, -0.15) is 5.10 Å². The van der Waals surface area contributed by atoms with E-state index in [4.69, 9.17) is 5.73 Å². The lowest BCUT2D eigenvalue weighted by Gasteiger charge is -2.08. The zero-order valence-electron chi connectivity index (χ0n) is 12.0. The molecule has 0 radical (unpaired) electrons. The van der Waals surface area contributed by atoms with E-state index in [1.54, 1.807) is 16.9 Å². The second-order valence-electron chi connectivity index (χ2n) is 4.56. The Hall–Kier alpha value is -2.58. The molecule has 0 saturated carbocycles. The number of aromatic nitrogens is 2. The molecule has 5 heteroatoms. The normalized spacial score (nSPS) is 9.81. The largest absolute Gasteiger partial charge is 0.350 e. The first kappa shape index (κ1) is 14.8. The topological polar surface area (TPSA) is 72.9 Å². The van der Waals surface area contributed by atoms with Gasteiger partial charge >= 0.3 is 0 Å². The maximum atomic E-state index is 12.2. The fraction of sp³-hybridized carbons (Fsp3) is 0.250. The van der Waals surface area contributed by atoms with Gasteiger partial charge in [-0.25, -0.2) is 0 Å². The second-order valence-corrected chi connectivity index (χ2v) is 4.56. The molecule has 1 aromatic heterocycles. The maximum absolute atomic E-state index is 12.2. The number of nitrogens with two attached hydrogens (primary N) is 1. The van der Waals surface area contributed by atoms with Crippen LogP contribution >= 0.6 is 0 Å². The Morgan fingerprint density at radius 2 is 2.33 bits per heavy atom. The summed E-state index contributed by atoms with van der Waals surface area (Å²) in [4.78, 5) is 12.2. The molecule has 0 saturated heterocycles. The zero-order valence-corrected chi connectivity index (χ0v) is 12.0. The van der Waals surface area contributed by atoms with Gasteiger partial charge in [0, 0.05) is 30.1 Å². The minimum atomic E-state index is -0.101. The highest BCUT2D eigenvalue weighted by molar-refractivity contribution is 5.96. The first-order chi connectivity index (χ1) is 10.2. The van der Waals surface area contributed by atoms with Crippen molar-refractivity contribution in [1.82, 2.24) is 15.1 Å². The van der Waals surface area contributed by atoms with Crippen molar-refractivity contribution in [3.05, 3.63) is 53.3 Å². The zero-order chi connectivity index (χ0) is 15.1. The monoisotopic (exact) mass is 282 g/mol. The van der Waals surface area contributed by atoms with Crippen molar-refractivity contribution in [2.75, 3.05) is 13.1 Å². The van der Waals surface area contributed by atoms with Crippen LogP contribution in [0.25, 0.3) is 0 Å². The van der Waals surface area contributed by atoms with Crippen molar-refractivity contribution >= 4 is 5.91 Å². The lowest BCUT2D eigenvalue weighted by atomic mass is 10.0. The number of nitrogens with zero attached hydrogens (tertiary/aromatic N) is 2. The van der Waals surface area contributed by atoms with Gasteiger partial charge in [0.2, 0.25) is 0 Å². The predicted molar refractivity (Wildman–Crippen MR) is 81.7 cm³/mol. The number of amides is 1. The molecule has 0 aliphatic rings. The third-order valence-corrected chi connectivity index (χ3v) is 3.00. The van der Waals surface area contributed by atoms with Crippen LogP contribution in [0.4, 0.5) is 0 Å². The standard InChI is InChI=1S/C16H18N4O/c1-13-5-6-14(4-2-7-17)12-15(13)16(21)18-9-11-20-10-3-8-19-20/h3,5-6,8,10,12H,7,9,11,17H2,1H3,(H,18,21). The summed E-state index contributed by atoms with van der Waals surface area (Å²) in [5.41, 5.74) is 7.71. The summed E-state index contributed by atoms with van der Waals surface area (Å²) in [6, 6.07) is 7.42. The first-order valence-corrected chi connectivity index (χ1v) is 6.76. The second kappa shape index (κ2) is 7.27. The van der Waals surface area contributed by atoms with E-state index in [1.165, 1.54) is 0 Å². The highest BCUT2D eigenvalue weighted by atomic mass is 16.1. The SMILES string of the molecule is Cc1ccc(C#CCN)cc1C(=O)NCCn1cccn1. The number of rotatable bonds is 4. The fourth-order valence-corrected chi connectivity index (χ4v) is 1.91. The molecular formula is C16H18N4O. The number of aryl methyl sites for hydroxylation is 1. The molecule has 5 nitrogen and oxygen atoms in total. The molecule has 0 fully saturated rings. The Labute approximate surface area is 124 Å². The molecule has 0 bridgehead atoms. The van der Waals surface area contributed by atoms with Crippen LogP contribution in [-0.2, 0) is 6.54 Å². The molecule has 0 unspecified atom stereocenters. The number of hydrogen-bond acceptors (Lipinski definition) is 3. The van der Waals surface area contributed by atoms with Gasteiger partial charge in [-0.1, -0.05) is 17.9 Å². The van der Waals surface area contributed by atoms with Gasteiger partial charge in [0.1, 0.15) is 0 Å². The average Bonchev–Trinajstić information content (AvgIpc) is 2.99. The molecule has 108 valence electrons. The van der Waals surface area contributed by atoms with Crippen molar-refractivity contribution in [2.24, 2.45) is 5.73 Å². The molecule has 0 aliphatic heterocycles. The molecule has 0 aliphatic carbocycles. The van der Waals surface area contributed by atoms with Crippen LogP contribution in [0.3, 0.4) is 0 Å². The Morgan fingerprint density at radius 1 is 1.48 bits per heavy atom. The molecule has 2 aromatic rings. The van der Waals surface area contributed by atoms with E-state index in [1.807, 2.05) is 31.3 Å². The van der Waals surface area contributed by atoms with E-state index in [-0.39, 0.29) is 5.91 Å². The number of nitrogens with one attached hydrogen (secondary N) is 1. The molecule has 1 amide bonds. The quantitative estimate of drug-likeness (QED) is 0.819.